The van der Waals surface area contributed by atoms with Crippen LogP contribution >= 0.6 is 15.9 Å². The zero-order valence-corrected chi connectivity index (χ0v) is 14.9. The minimum Gasteiger partial charge on any atom is -0.326 e. The van der Waals surface area contributed by atoms with E-state index in [9.17, 15) is 4.79 Å². The summed E-state index contributed by atoms with van der Waals surface area (Å²) >= 11 is 3.43. The van der Waals surface area contributed by atoms with Crippen molar-refractivity contribution in [3.8, 4) is 0 Å². The van der Waals surface area contributed by atoms with Gasteiger partial charge in [0.25, 0.3) is 0 Å². The van der Waals surface area contributed by atoms with Gasteiger partial charge in [0.1, 0.15) is 0 Å². The first-order valence-corrected chi connectivity index (χ1v) is 8.40. The molecule has 3 heteroatoms. The number of amides is 1. The fraction of sp³-hybridized carbons (Fsp3) is 0.316. The number of nitrogens with one attached hydrogen (secondary N) is 1. The summed E-state index contributed by atoms with van der Waals surface area (Å²) in [5.41, 5.74) is 4.47. The minimum atomic E-state index is 0.0540. The number of anilines is 1. The number of benzene rings is 2. The molecule has 0 aliphatic rings. The van der Waals surface area contributed by atoms with Gasteiger partial charge in [-0.25, -0.2) is 0 Å². The third-order valence-corrected chi connectivity index (χ3v) is 4.24. The molecule has 0 aromatic heterocycles. The van der Waals surface area contributed by atoms with Crippen molar-refractivity contribution in [1.29, 1.82) is 0 Å². The van der Waals surface area contributed by atoms with Gasteiger partial charge in [-0.2, -0.15) is 0 Å². The third kappa shape index (κ3) is 4.70. The molecule has 0 saturated heterocycles. The molecule has 0 bridgehead atoms. The molecular weight excluding hydrogens is 338 g/mol. The second-order valence-electron chi connectivity index (χ2n) is 5.90. The van der Waals surface area contributed by atoms with Gasteiger partial charge in [0.05, 0.1) is 0 Å². The van der Waals surface area contributed by atoms with E-state index in [1.807, 2.05) is 25.1 Å². The number of hydrogen-bond donors (Lipinski definition) is 1. The van der Waals surface area contributed by atoms with Crippen LogP contribution in [-0.4, -0.2) is 5.91 Å². The lowest BCUT2D eigenvalue weighted by molar-refractivity contribution is -0.116. The van der Waals surface area contributed by atoms with Crippen LogP contribution in [0.25, 0.3) is 0 Å². The molecule has 0 heterocycles. The van der Waals surface area contributed by atoms with E-state index in [4.69, 9.17) is 0 Å². The fourth-order valence-electron chi connectivity index (χ4n) is 2.31. The molecule has 0 fully saturated rings. The molecule has 0 spiro atoms. The summed E-state index contributed by atoms with van der Waals surface area (Å²) in [6.45, 7) is 6.36. The molecule has 2 rings (SSSR count). The van der Waals surface area contributed by atoms with Crippen LogP contribution in [0.15, 0.2) is 46.9 Å². The second-order valence-corrected chi connectivity index (χ2v) is 6.82. The molecule has 2 nitrogen and oxygen atoms in total. The predicted molar refractivity (Wildman–Crippen MR) is 96.4 cm³/mol. The molecular formula is C19H22BrNO. The van der Waals surface area contributed by atoms with Crippen molar-refractivity contribution >= 4 is 27.5 Å². The Balaban J connectivity index is 1.89. The Hall–Kier alpha value is -1.61. The SMILES string of the molecule is Cc1cc(Br)ccc1NC(=O)CCc1ccc(C(C)C)cc1. The van der Waals surface area contributed by atoms with Crippen LogP contribution in [0.4, 0.5) is 5.69 Å². The highest BCUT2D eigenvalue weighted by Crippen LogP contribution is 2.20. The third-order valence-electron chi connectivity index (χ3n) is 3.75. The first-order valence-electron chi connectivity index (χ1n) is 7.60. The van der Waals surface area contributed by atoms with Gasteiger partial charge < -0.3 is 5.32 Å². The first-order chi connectivity index (χ1) is 10.5. The Labute approximate surface area is 141 Å². The Kier molecular flexibility index (Phi) is 5.78. The number of hydrogen-bond acceptors (Lipinski definition) is 1. The van der Waals surface area contributed by atoms with E-state index in [1.54, 1.807) is 0 Å². The zero-order chi connectivity index (χ0) is 16.1. The highest BCUT2D eigenvalue weighted by Gasteiger charge is 2.06. The van der Waals surface area contributed by atoms with Gasteiger partial charge in [-0.15, -0.1) is 0 Å². The molecule has 116 valence electrons. The van der Waals surface area contributed by atoms with Crippen LogP contribution in [0.5, 0.6) is 0 Å². The molecule has 1 amide bonds. The molecule has 2 aromatic rings. The quantitative estimate of drug-likeness (QED) is 0.755. The number of carbonyl (C=O) groups is 1. The van der Waals surface area contributed by atoms with Gasteiger partial charge in [-0.1, -0.05) is 54.0 Å². The van der Waals surface area contributed by atoms with Crippen LogP contribution in [-0.2, 0) is 11.2 Å². The fourth-order valence-corrected chi connectivity index (χ4v) is 2.78. The lowest BCUT2D eigenvalue weighted by Gasteiger charge is -2.09. The molecule has 0 radical (unpaired) electrons. The predicted octanol–water partition coefficient (Wildman–Crippen LogP) is 5.45. The number of rotatable bonds is 5. The van der Waals surface area contributed by atoms with Crippen molar-refractivity contribution in [2.45, 2.75) is 39.5 Å². The number of carbonyl (C=O) groups excluding carboxylic acids is 1. The van der Waals surface area contributed by atoms with Crippen LogP contribution in [0.3, 0.4) is 0 Å². The molecule has 2 aromatic carbocycles. The summed E-state index contributed by atoms with van der Waals surface area (Å²) in [4.78, 5) is 12.1. The van der Waals surface area contributed by atoms with Crippen LogP contribution in [0, 0.1) is 6.92 Å². The largest absolute Gasteiger partial charge is 0.326 e. The Bertz CT molecular complexity index is 647. The summed E-state index contributed by atoms with van der Waals surface area (Å²) in [6.07, 6.45) is 1.26. The van der Waals surface area contributed by atoms with E-state index in [2.05, 4.69) is 59.4 Å². The lowest BCUT2D eigenvalue weighted by Crippen LogP contribution is -2.13. The standard InChI is InChI=1S/C19H22BrNO/c1-13(2)16-7-4-15(5-8-16)6-11-19(22)21-18-10-9-17(20)12-14(18)3/h4-5,7-10,12-13H,6,11H2,1-3H3,(H,21,22). The van der Waals surface area contributed by atoms with Crippen molar-refractivity contribution in [1.82, 2.24) is 0 Å². The topological polar surface area (TPSA) is 29.1 Å². The van der Waals surface area contributed by atoms with Crippen molar-refractivity contribution < 1.29 is 4.79 Å². The number of halogens is 1. The summed E-state index contributed by atoms with van der Waals surface area (Å²) in [5, 5.41) is 2.98. The molecule has 0 aliphatic heterocycles. The summed E-state index contributed by atoms with van der Waals surface area (Å²) in [6, 6.07) is 14.4. The summed E-state index contributed by atoms with van der Waals surface area (Å²) in [7, 11) is 0. The molecule has 1 N–H and O–H groups in total. The van der Waals surface area contributed by atoms with Crippen LogP contribution in [0.2, 0.25) is 0 Å². The van der Waals surface area contributed by atoms with E-state index >= 15 is 0 Å². The maximum atomic E-state index is 12.1. The second kappa shape index (κ2) is 7.59. The first kappa shape index (κ1) is 16.8. The monoisotopic (exact) mass is 359 g/mol. The van der Waals surface area contributed by atoms with Gasteiger partial charge >= 0.3 is 0 Å². The lowest BCUT2D eigenvalue weighted by atomic mass is 10.0. The van der Waals surface area contributed by atoms with Gasteiger partial charge in [0.15, 0.2) is 0 Å². The molecule has 0 unspecified atom stereocenters. The molecule has 0 atom stereocenters. The Morgan fingerprint density at radius 3 is 2.41 bits per heavy atom. The molecule has 22 heavy (non-hydrogen) atoms. The van der Waals surface area contributed by atoms with E-state index < -0.39 is 0 Å². The summed E-state index contributed by atoms with van der Waals surface area (Å²) in [5.74, 6) is 0.594. The van der Waals surface area contributed by atoms with Crippen molar-refractivity contribution in [2.75, 3.05) is 5.32 Å². The van der Waals surface area contributed by atoms with Crippen molar-refractivity contribution in [3.05, 3.63) is 63.6 Å². The van der Waals surface area contributed by atoms with Gasteiger partial charge in [-0.3, -0.25) is 4.79 Å². The van der Waals surface area contributed by atoms with E-state index in [-0.39, 0.29) is 5.91 Å². The van der Waals surface area contributed by atoms with E-state index in [1.165, 1.54) is 11.1 Å². The Morgan fingerprint density at radius 2 is 1.82 bits per heavy atom. The van der Waals surface area contributed by atoms with Crippen molar-refractivity contribution in [2.24, 2.45) is 0 Å². The average Bonchev–Trinajstić information content (AvgIpc) is 2.48. The number of aryl methyl sites for hydroxylation is 2. The highest BCUT2D eigenvalue weighted by molar-refractivity contribution is 9.10. The minimum absolute atomic E-state index is 0.0540. The Morgan fingerprint density at radius 1 is 1.14 bits per heavy atom. The zero-order valence-electron chi connectivity index (χ0n) is 13.3. The molecule has 0 aliphatic carbocycles. The normalized spacial score (nSPS) is 10.8. The van der Waals surface area contributed by atoms with Gasteiger partial charge in [0, 0.05) is 16.6 Å². The maximum absolute atomic E-state index is 12.1. The van der Waals surface area contributed by atoms with Gasteiger partial charge in [-0.05, 0) is 54.2 Å². The van der Waals surface area contributed by atoms with E-state index in [0.717, 1.165) is 22.1 Å². The average molecular weight is 360 g/mol. The molecule has 0 saturated carbocycles. The van der Waals surface area contributed by atoms with Crippen LogP contribution in [0.1, 0.15) is 42.9 Å². The van der Waals surface area contributed by atoms with Gasteiger partial charge in [0.2, 0.25) is 5.91 Å². The highest BCUT2D eigenvalue weighted by atomic mass is 79.9. The summed E-state index contributed by atoms with van der Waals surface area (Å²) < 4.78 is 1.02. The smallest absolute Gasteiger partial charge is 0.224 e. The van der Waals surface area contributed by atoms with E-state index in [0.29, 0.717) is 12.3 Å². The maximum Gasteiger partial charge on any atom is 0.224 e. The van der Waals surface area contributed by atoms with Crippen molar-refractivity contribution in [3.63, 3.8) is 0 Å². The van der Waals surface area contributed by atoms with Crippen LogP contribution < -0.4 is 5.32 Å².